The first-order chi connectivity index (χ1) is 19.0. The summed E-state index contributed by atoms with van der Waals surface area (Å²) in [4.78, 5) is 29.2. The Hall–Kier alpha value is -4.85. The molecule has 1 aliphatic heterocycles. The first-order valence-corrected chi connectivity index (χ1v) is 12.7. The van der Waals surface area contributed by atoms with Crippen molar-refractivity contribution in [2.75, 3.05) is 18.6 Å². The maximum absolute atomic E-state index is 14.1. The summed E-state index contributed by atoms with van der Waals surface area (Å²) in [7, 11) is 1.59. The number of nitrogens with zero attached hydrogens (tertiary/aromatic N) is 3. The highest BCUT2D eigenvalue weighted by molar-refractivity contribution is 6.02. The van der Waals surface area contributed by atoms with Crippen molar-refractivity contribution in [3.63, 3.8) is 0 Å². The Bertz CT molecular complexity index is 1480. The third-order valence-electron chi connectivity index (χ3n) is 6.76. The van der Waals surface area contributed by atoms with Crippen LogP contribution in [0.15, 0.2) is 97.1 Å². The quantitative estimate of drug-likeness (QED) is 0.187. The zero-order chi connectivity index (χ0) is 27.4. The number of fused-ring (bicyclic) bond motifs is 1. The summed E-state index contributed by atoms with van der Waals surface area (Å²) < 4.78 is 11.4. The predicted octanol–water partition coefficient (Wildman–Crippen LogP) is 6.36. The molecule has 39 heavy (non-hydrogen) atoms. The molecule has 1 aliphatic rings. The number of nitro groups is 1. The molecule has 1 atom stereocenters. The van der Waals surface area contributed by atoms with E-state index in [1.54, 1.807) is 18.1 Å². The average Bonchev–Trinajstić information content (AvgIpc) is 2.97. The van der Waals surface area contributed by atoms with Crippen molar-refractivity contribution in [1.82, 2.24) is 4.90 Å². The molecule has 198 valence electrons. The Morgan fingerprint density at radius 2 is 1.46 bits per heavy atom. The summed E-state index contributed by atoms with van der Waals surface area (Å²) in [6.45, 7) is 3.19. The predicted molar refractivity (Wildman–Crippen MR) is 149 cm³/mol. The van der Waals surface area contributed by atoms with Crippen LogP contribution in [0.3, 0.4) is 0 Å². The second-order valence-corrected chi connectivity index (χ2v) is 9.21. The van der Waals surface area contributed by atoms with Crippen molar-refractivity contribution in [2.45, 2.75) is 26.2 Å². The minimum absolute atomic E-state index is 0.123. The number of rotatable bonds is 9. The smallest absolute Gasteiger partial charge is 0.270 e. The highest BCUT2D eigenvalue weighted by Gasteiger charge is 2.40. The molecule has 0 unspecified atom stereocenters. The third-order valence-corrected chi connectivity index (χ3v) is 6.76. The van der Waals surface area contributed by atoms with Crippen LogP contribution in [0.1, 0.15) is 40.1 Å². The van der Waals surface area contributed by atoms with Gasteiger partial charge in [0.05, 0.1) is 29.9 Å². The second kappa shape index (κ2) is 11.3. The number of hydrogen-bond acceptors (Lipinski definition) is 6. The lowest BCUT2D eigenvalue weighted by molar-refractivity contribution is -0.384. The zero-order valence-corrected chi connectivity index (χ0v) is 21.8. The number of methoxy groups -OCH3 is 1. The number of carbonyl (C=O) groups excluding carboxylic acids is 1. The van der Waals surface area contributed by atoms with Gasteiger partial charge in [0.15, 0.2) is 11.5 Å². The molecular formula is C31H29N3O5. The van der Waals surface area contributed by atoms with Crippen LogP contribution >= 0.6 is 0 Å². The van der Waals surface area contributed by atoms with Crippen LogP contribution in [0, 0.1) is 10.1 Å². The summed E-state index contributed by atoms with van der Waals surface area (Å²) in [6.07, 6.45) is -0.517. The molecule has 0 saturated heterocycles. The van der Waals surface area contributed by atoms with E-state index in [0.717, 1.165) is 16.7 Å². The van der Waals surface area contributed by atoms with Crippen molar-refractivity contribution < 1.29 is 19.2 Å². The molecule has 4 aromatic carbocycles. The standard InChI is InChI=1S/C31H29N3O5/c1-3-39-28-17-14-24(18-29(28)38-2)30-32(20-22-10-6-4-7-11-22)27-16-15-25(34(36)37)19-26(27)31(35)33(30)21-23-12-8-5-9-13-23/h4-19,30H,3,20-21H2,1-2H3/t30-/m0/s1. The van der Waals surface area contributed by atoms with Gasteiger partial charge in [-0.25, -0.2) is 0 Å². The van der Waals surface area contributed by atoms with Gasteiger partial charge in [0, 0.05) is 25.2 Å². The van der Waals surface area contributed by atoms with Gasteiger partial charge in [-0.15, -0.1) is 0 Å². The molecule has 8 heteroatoms. The molecule has 1 heterocycles. The van der Waals surface area contributed by atoms with E-state index in [-0.39, 0.29) is 11.6 Å². The number of anilines is 1. The van der Waals surface area contributed by atoms with E-state index in [2.05, 4.69) is 4.90 Å². The van der Waals surface area contributed by atoms with Crippen molar-refractivity contribution in [1.29, 1.82) is 0 Å². The number of carbonyl (C=O) groups is 1. The number of amides is 1. The topological polar surface area (TPSA) is 85.1 Å². The molecule has 0 fully saturated rings. The van der Waals surface area contributed by atoms with Crippen molar-refractivity contribution in [3.05, 3.63) is 129 Å². The van der Waals surface area contributed by atoms with Gasteiger partial charge >= 0.3 is 0 Å². The first-order valence-electron chi connectivity index (χ1n) is 12.7. The van der Waals surface area contributed by atoms with Crippen molar-refractivity contribution >= 4 is 17.3 Å². The number of ether oxygens (including phenoxy) is 2. The van der Waals surface area contributed by atoms with E-state index < -0.39 is 11.1 Å². The summed E-state index contributed by atoms with van der Waals surface area (Å²) in [6, 6.07) is 29.9. The maximum atomic E-state index is 14.1. The van der Waals surface area contributed by atoms with Gasteiger partial charge in [-0.05, 0) is 41.8 Å². The number of hydrogen-bond donors (Lipinski definition) is 0. The van der Waals surface area contributed by atoms with E-state index in [9.17, 15) is 14.9 Å². The van der Waals surface area contributed by atoms with Gasteiger partial charge in [0.1, 0.15) is 6.17 Å². The van der Waals surface area contributed by atoms with Gasteiger partial charge in [0.2, 0.25) is 0 Å². The highest BCUT2D eigenvalue weighted by Crippen LogP contribution is 2.43. The molecule has 0 saturated carbocycles. The first kappa shape index (κ1) is 25.8. The normalized spacial score (nSPS) is 14.6. The Balaban J connectivity index is 1.71. The van der Waals surface area contributed by atoms with Crippen LogP contribution in [-0.2, 0) is 13.1 Å². The lowest BCUT2D eigenvalue weighted by Gasteiger charge is -2.46. The fraction of sp³-hybridized carbons (Fsp3) is 0.194. The van der Waals surface area contributed by atoms with E-state index in [1.165, 1.54) is 12.1 Å². The lowest BCUT2D eigenvalue weighted by Crippen LogP contribution is -2.48. The molecule has 0 spiro atoms. The van der Waals surface area contributed by atoms with Crippen LogP contribution < -0.4 is 14.4 Å². The van der Waals surface area contributed by atoms with E-state index in [0.29, 0.717) is 42.4 Å². The largest absolute Gasteiger partial charge is 0.493 e. The van der Waals surface area contributed by atoms with Crippen molar-refractivity contribution in [3.8, 4) is 11.5 Å². The minimum atomic E-state index is -0.517. The lowest BCUT2D eigenvalue weighted by atomic mass is 9.98. The molecule has 1 amide bonds. The molecule has 4 aromatic rings. The monoisotopic (exact) mass is 523 g/mol. The molecule has 0 radical (unpaired) electrons. The molecule has 0 bridgehead atoms. The van der Waals surface area contributed by atoms with Crippen LogP contribution in [0.25, 0.3) is 0 Å². The summed E-state index contributed by atoms with van der Waals surface area (Å²) >= 11 is 0. The van der Waals surface area contributed by atoms with Crippen molar-refractivity contribution in [2.24, 2.45) is 0 Å². The van der Waals surface area contributed by atoms with Gasteiger partial charge < -0.3 is 19.3 Å². The number of benzene rings is 4. The summed E-state index contributed by atoms with van der Waals surface area (Å²) in [5.41, 5.74) is 3.63. The van der Waals surface area contributed by atoms with Gasteiger partial charge in [-0.3, -0.25) is 14.9 Å². The zero-order valence-electron chi connectivity index (χ0n) is 21.8. The Kier molecular flexibility index (Phi) is 7.45. The third kappa shape index (κ3) is 5.27. The van der Waals surface area contributed by atoms with Gasteiger partial charge in [-0.1, -0.05) is 66.7 Å². The Labute approximate surface area is 227 Å². The van der Waals surface area contributed by atoms with E-state index in [1.807, 2.05) is 85.8 Å². The van der Waals surface area contributed by atoms with Crippen LogP contribution in [0.5, 0.6) is 11.5 Å². The fourth-order valence-electron chi connectivity index (χ4n) is 4.99. The molecule has 0 aliphatic carbocycles. The average molecular weight is 524 g/mol. The second-order valence-electron chi connectivity index (χ2n) is 9.21. The number of non-ortho nitro benzene ring substituents is 1. The Morgan fingerprint density at radius 3 is 2.05 bits per heavy atom. The van der Waals surface area contributed by atoms with Gasteiger partial charge in [-0.2, -0.15) is 0 Å². The van der Waals surface area contributed by atoms with Crippen LogP contribution in [0.4, 0.5) is 11.4 Å². The summed E-state index contributed by atoms with van der Waals surface area (Å²) in [5.74, 6) is 0.904. The van der Waals surface area contributed by atoms with Crippen LogP contribution in [-0.4, -0.2) is 29.4 Å². The maximum Gasteiger partial charge on any atom is 0.270 e. The molecular weight excluding hydrogens is 494 g/mol. The molecule has 8 nitrogen and oxygen atoms in total. The summed E-state index contributed by atoms with van der Waals surface area (Å²) in [5, 5.41) is 11.6. The Morgan fingerprint density at radius 1 is 0.821 bits per heavy atom. The van der Waals surface area contributed by atoms with Crippen LogP contribution in [0.2, 0.25) is 0 Å². The van der Waals surface area contributed by atoms with E-state index >= 15 is 0 Å². The van der Waals surface area contributed by atoms with E-state index in [4.69, 9.17) is 9.47 Å². The minimum Gasteiger partial charge on any atom is -0.493 e. The molecule has 0 aromatic heterocycles. The molecule has 0 N–H and O–H groups in total. The molecule has 5 rings (SSSR count). The van der Waals surface area contributed by atoms with Gasteiger partial charge in [0.25, 0.3) is 11.6 Å². The SMILES string of the molecule is CCOc1ccc([C@@H]2N(Cc3ccccc3)C(=O)c3cc([N+](=O)[O-])ccc3N2Cc2ccccc2)cc1OC. The number of nitro benzene ring substituents is 1. The fourth-order valence-corrected chi connectivity index (χ4v) is 4.99. The highest BCUT2D eigenvalue weighted by atomic mass is 16.6.